The summed E-state index contributed by atoms with van der Waals surface area (Å²) in [4.78, 5) is 0. The fraction of sp³-hybridized carbons (Fsp3) is 0.625. The van der Waals surface area contributed by atoms with Crippen LogP contribution in [0.5, 0.6) is 0 Å². The summed E-state index contributed by atoms with van der Waals surface area (Å²) in [6.45, 7) is 3.62. The van der Waals surface area contributed by atoms with Crippen LogP contribution in [-0.2, 0) is 13.0 Å². The molecular weight excluding hydrogens is 174 g/mol. The monoisotopic (exact) mass is 187 g/mol. The lowest BCUT2D eigenvalue weighted by molar-refractivity contribution is 0.611. The maximum Gasteiger partial charge on any atom is 0.0817 e. The predicted octanol–water partition coefficient (Wildman–Crippen LogP) is 1.45. The van der Waals surface area contributed by atoms with E-state index in [-0.39, 0.29) is 0 Å². The van der Waals surface area contributed by atoms with Crippen LogP contribution in [-0.4, -0.2) is 16.3 Å². The topological polar surface area (TPSA) is 43.8 Å². The molecule has 0 unspecified atom stereocenters. The van der Waals surface area contributed by atoms with Gasteiger partial charge in [0.1, 0.15) is 0 Å². The van der Waals surface area contributed by atoms with E-state index in [0.717, 1.165) is 30.1 Å². The number of hydrogen-bond acceptors (Lipinski definition) is 2. The molecule has 0 saturated carbocycles. The van der Waals surface area contributed by atoms with Crippen molar-refractivity contribution < 1.29 is 0 Å². The van der Waals surface area contributed by atoms with Crippen molar-refractivity contribution in [2.75, 3.05) is 6.54 Å². The van der Waals surface area contributed by atoms with Crippen LogP contribution in [0.25, 0.3) is 0 Å². The highest BCUT2D eigenvalue weighted by molar-refractivity contribution is 6.31. The Kier molecular flexibility index (Phi) is 3.56. The number of nitrogens with two attached hydrogens (primary N) is 1. The first kappa shape index (κ1) is 9.55. The third kappa shape index (κ3) is 1.99. The van der Waals surface area contributed by atoms with Gasteiger partial charge in [0.2, 0.25) is 0 Å². The molecule has 3 nitrogen and oxygen atoms in total. The molecule has 0 aliphatic rings. The van der Waals surface area contributed by atoms with Gasteiger partial charge in [0.15, 0.2) is 0 Å². The van der Waals surface area contributed by atoms with Crippen molar-refractivity contribution in [3.63, 3.8) is 0 Å². The van der Waals surface area contributed by atoms with Crippen LogP contribution in [0.3, 0.4) is 0 Å². The minimum absolute atomic E-state index is 0.700. The first-order valence-corrected chi connectivity index (χ1v) is 4.57. The molecule has 0 radical (unpaired) electrons. The molecule has 1 aromatic heterocycles. The molecule has 12 heavy (non-hydrogen) atoms. The minimum Gasteiger partial charge on any atom is -0.330 e. The van der Waals surface area contributed by atoms with Crippen LogP contribution < -0.4 is 5.73 Å². The minimum atomic E-state index is 0.700. The molecular formula is C8H14ClN3. The van der Waals surface area contributed by atoms with Gasteiger partial charge >= 0.3 is 0 Å². The number of halogens is 1. The van der Waals surface area contributed by atoms with E-state index in [1.807, 2.05) is 4.68 Å². The Labute approximate surface area is 77.5 Å². The van der Waals surface area contributed by atoms with Gasteiger partial charge in [-0.05, 0) is 26.3 Å². The van der Waals surface area contributed by atoms with Crippen LogP contribution in [0.2, 0.25) is 5.02 Å². The second-order valence-corrected chi connectivity index (χ2v) is 3.05. The molecule has 68 valence electrons. The van der Waals surface area contributed by atoms with Crippen LogP contribution in [0, 0.1) is 0 Å². The maximum absolute atomic E-state index is 5.94. The molecule has 0 bridgehead atoms. The third-order valence-electron chi connectivity index (χ3n) is 1.81. The molecule has 0 fully saturated rings. The van der Waals surface area contributed by atoms with Crippen molar-refractivity contribution in [2.45, 2.75) is 26.3 Å². The van der Waals surface area contributed by atoms with Gasteiger partial charge in [-0.15, -0.1) is 0 Å². The van der Waals surface area contributed by atoms with Crippen molar-refractivity contribution in [2.24, 2.45) is 5.73 Å². The smallest absolute Gasteiger partial charge is 0.0817 e. The summed E-state index contributed by atoms with van der Waals surface area (Å²) in [6, 6.07) is 0. The Morgan fingerprint density at radius 1 is 1.67 bits per heavy atom. The molecule has 2 N–H and O–H groups in total. The molecule has 1 heterocycles. The second-order valence-electron chi connectivity index (χ2n) is 2.65. The van der Waals surface area contributed by atoms with E-state index >= 15 is 0 Å². The molecule has 4 heteroatoms. The molecule has 0 aliphatic carbocycles. The number of aryl methyl sites for hydroxylation is 1. The summed E-state index contributed by atoms with van der Waals surface area (Å²) in [5.74, 6) is 0. The molecule has 0 saturated heterocycles. The Bertz CT molecular complexity index is 244. The Balaban J connectivity index is 2.72. The van der Waals surface area contributed by atoms with Crippen molar-refractivity contribution >= 4 is 11.6 Å². The largest absolute Gasteiger partial charge is 0.330 e. The third-order valence-corrected chi connectivity index (χ3v) is 2.13. The standard InChI is InChI=1S/C8H14ClN3/c1-2-12-8(4-3-5-10)7(9)6-11-12/h6H,2-5,10H2,1H3. The zero-order valence-corrected chi connectivity index (χ0v) is 8.01. The number of rotatable bonds is 4. The summed E-state index contributed by atoms with van der Waals surface area (Å²) >= 11 is 5.94. The number of nitrogens with zero attached hydrogens (tertiary/aromatic N) is 2. The molecule has 0 spiro atoms. The average Bonchev–Trinajstić information content (AvgIpc) is 2.43. The quantitative estimate of drug-likeness (QED) is 0.776. The van der Waals surface area contributed by atoms with Crippen molar-refractivity contribution in [3.05, 3.63) is 16.9 Å². The van der Waals surface area contributed by atoms with Crippen molar-refractivity contribution in [3.8, 4) is 0 Å². The van der Waals surface area contributed by atoms with Crippen LogP contribution in [0.1, 0.15) is 19.0 Å². The molecule has 0 aliphatic heterocycles. The van der Waals surface area contributed by atoms with Crippen molar-refractivity contribution in [1.29, 1.82) is 0 Å². The molecule has 1 aromatic rings. The maximum atomic E-state index is 5.94. The van der Waals surface area contributed by atoms with Gasteiger partial charge in [0.25, 0.3) is 0 Å². The normalized spacial score (nSPS) is 10.6. The van der Waals surface area contributed by atoms with Crippen LogP contribution in [0.4, 0.5) is 0 Å². The molecule has 0 atom stereocenters. The van der Waals surface area contributed by atoms with Gasteiger partial charge < -0.3 is 5.73 Å². The summed E-state index contributed by atoms with van der Waals surface area (Å²) in [7, 11) is 0. The second kappa shape index (κ2) is 4.48. The van der Waals surface area contributed by atoms with Gasteiger partial charge in [0, 0.05) is 6.54 Å². The van der Waals surface area contributed by atoms with Crippen LogP contribution in [0.15, 0.2) is 6.20 Å². The van der Waals surface area contributed by atoms with Gasteiger partial charge in [-0.1, -0.05) is 11.6 Å². The van der Waals surface area contributed by atoms with Gasteiger partial charge in [-0.3, -0.25) is 4.68 Å². The van der Waals surface area contributed by atoms with E-state index < -0.39 is 0 Å². The lowest BCUT2D eigenvalue weighted by Gasteiger charge is -2.03. The average molecular weight is 188 g/mol. The fourth-order valence-electron chi connectivity index (χ4n) is 1.18. The highest BCUT2D eigenvalue weighted by Gasteiger charge is 2.06. The SMILES string of the molecule is CCn1ncc(Cl)c1CCCN. The first-order valence-electron chi connectivity index (χ1n) is 4.19. The first-order chi connectivity index (χ1) is 5.79. The molecule has 1 rings (SSSR count). The zero-order valence-electron chi connectivity index (χ0n) is 7.26. The van der Waals surface area contributed by atoms with Crippen LogP contribution >= 0.6 is 11.6 Å². The molecule has 0 amide bonds. The Hall–Kier alpha value is -0.540. The van der Waals surface area contributed by atoms with Gasteiger partial charge in [-0.2, -0.15) is 5.10 Å². The van der Waals surface area contributed by atoms with E-state index in [2.05, 4.69) is 12.0 Å². The summed E-state index contributed by atoms with van der Waals surface area (Å²) in [5.41, 5.74) is 6.52. The van der Waals surface area contributed by atoms with E-state index in [0.29, 0.717) is 6.54 Å². The number of hydrogen-bond donors (Lipinski definition) is 1. The van der Waals surface area contributed by atoms with Gasteiger partial charge in [0.05, 0.1) is 16.9 Å². The van der Waals surface area contributed by atoms with E-state index in [9.17, 15) is 0 Å². The molecule has 0 aromatic carbocycles. The lowest BCUT2D eigenvalue weighted by atomic mass is 10.2. The predicted molar refractivity (Wildman–Crippen MR) is 50.3 cm³/mol. The summed E-state index contributed by atoms with van der Waals surface area (Å²) in [6.07, 6.45) is 3.57. The Morgan fingerprint density at radius 3 is 3.00 bits per heavy atom. The fourth-order valence-corrected chi connectivity index (χ4v) is 1.41. The zero-order chi connectivity index (χ0) is 8.97. The van der Waals surface area contributed by atoms with E-state index in [1.165, 1.54) is 0 Å². The van der Waals surface area contributed by atoms with Gasteiger partial charge in [-0.25, -0.2) is 0 Å². The summed E-state index contributed by atoms with van der Waals surface area (Å²) in [5, 5.41) is 4.89. The lowest BCUT2D eigenvalue weighted by Crippen LogP contribution is -2.06. The number of aromatic nitrogens is 2. The van der Waals surface area contributed by atoms with E-state index in [1.54, 1.807) is 6.20 Å². The summed E-state index contributed by atoms with van der Waals surface area (Å²) < 4.78 is 1.91. The van der Waals surface area contributed by atoms with E-state index in [4.69, 9.17) is 17.3 Å². The highest BCUT2D eigenvalue weighted by atomic mass is 35.5. The van der Waals surface area contributed by atoms with Crippen molar-refractivity contribution in [1.82, 2.24) is 9.78 Å². The highest BCUT2D eigenvalue weighted by Crippen LogP contribution is 2.16. The Morgan fingerprint density at radius 2 is 2.42 bits per heavy atom.